The molecule has 2 N–H and O–H groups in total. The molecule has 28 heavy (non-hydrogen) atoms. The summed E-state index contributed by atoms with van der Waals surface area (Å²) in [6.07, 6.45) is 5.39. The molecule has 144 valence electrons. The van der Waals surface area contributed by atoms with E-state index in [1.165, 1.54) is 11.3 Å². The predicted molar refractivity (Wildman–Crippen MR) is 108 cm³/mol. The van der Waals surface area contributed by atoms with E-state index in [4.69, 9.17) is 0 Å². The second-order valence-electron chi connectivity index (χ2n) is 6.53. The van der Waals surface area contributed by atoms with E-state index in [0.29, 0.717) is 19.0 Å². The Morgan fingerprint density at radius 1 is 1.14 bits per heavy atom. The molecule has 3 aromatic rings. The molecule has 1 aromatic carbocycles. The van der Waals surface area contributed by atoms with Crippen molar-refractivity contribution in [3.8, 4) is 10.6 Å². The Bertz CT molecular complexity index is 903. The number of benzene rings is 1. The minimum Gasteiger partial charge on any atom is -0.339 e. The number of piperidine rings is 1. The average Bonchev–Trinajstić information content (AvgIpc) is 3.23. The van der Waals surface area contributed by atoms with Gasteiger partial charge in [-0.3, -0.25) is 0 Å². The highest BCUT2D eigenvalue weighted by molar-refractivity contribution is 7.14. The van der Waals surface area contributed by atoms with E-state index in [-0.39, 0.29) is 12.1 Å². The molecule has 0 aliphatic carbocycles. The molecule has 0 spiro atoms. The minimum absolute atomic E-state index is 0.0619. The number of rotatable bonds is 5. The average molecular weight is 395 g/mol. The lowest BCUT2D eigenvalue weighted by molar-refractivity contribution is 0.234. The first-order valence-corrected chi connectivity index (χ1v) is 10.0. The number of nitrogens with zero attached hydrogens (tertiary/aromatic N) is 5. The first-order valence-electron chi connectivity index (χ1n) is 9.22. The summed E-state index contributed by atoms with van der Waals surface area (Å²) in [5.41, 5.74) is 1.03. The van der Waals surface area contributed by atoms with Gasteiger partial charge in [0.15, 0.2) is 0 Å². The maximum absolute atomic E-state index is 12.3. The second-order valence-corrected chi connectivity index (χ2v) is 7.59. The summed E-state index contributed by atoms with van der Waals surface area (Å²) in [4.78, 5) is 23.0. The van der Waals surface area contributed by atoms with Gasteiger partial charge in [-0.1, -0.05) is 41.7 Å². The molecule has 3 heterocycles. The number of hydrogen-bond acceptors (Lipinski definition) is 7. The van der Waals surface area contributed by atoms with Crippen molar-refractivity contribution in [2.75, 3.05) is 18.0 Å². The molecule has 1 saturated heterocycles. The summed E-state index contributed by atoms with van der Waals surface area (Å²) in [6, 6.07) is 11.6. The fraction of sp³-hybridized carbons (Fsp3) is 0.316. The van der Waals surface area contributed by atoms with Crippen molar-refractivity contribution >= 4 is 23.3 Å². The zero-order chi connectivity index (χ0) is 19.2. The fourth-order valence-electron chi connectivity index (χ4n) is 3.15. The number of hydrogen-bond donors (Lipinski definition) is 2. The molecule has 1 fully saturated rings. The first-order chi connectivity index (χ1) is 13.8. The zero-order valence-corrected chi connectivity index (χ0v) is 16.1. The number of nitrogens with one attached hydrogen (secondary N) is 2. The van der Waals surface area contributed by atoms with Crippen LogP contribution in [-0.4, -0.2) is 45.3 Å². The van der Waals surface area contributed by atoms with Crippen molar-refractivity contribution in [2.45, 2.75) is 25.4 Å². The third-order valence-corrected chi connectivity index (χ3v) is 5.45. The Kier molecular flexibility index (Phi) is 5.72. The summed E-state index contributed by atoms with van der Waals surface area (Å²) in [6.45, 7) is 1.96. The predicted octanol–water partition coefficient (Wildman–Crippen LogP) is 2.46. The van der Waals surface area contributed by atoms with Gasteiger partial charge in [-0.25, -0.2) is 14.8 Å². The van der Waals surface area contributed by atoms with Crippen LogP contribution in [0.5, 0.6) is 0 Å². The third-order valence-electron chi connectivity index (χ3n) is 4.48. The van der Waals surface area contributed by atoms with Crippen LogP contribution in [0.2, 0.25) is 0 Å². The standard InChI is InChI=1S/C19H21N7OS/c27-19(22-12-16-24-25-17(28-16)14-6-2-1-3-7-14)23-15-8-4-11-26(13-15)18-20-9-5-10-21-18/h1-3,5-7,9-10,15H,4,8,11-13H2,(H2,22,23,27)/t15-/m1/s1. The quantitative estimate of drug-likeness (QED) is 0.689. The van der Waals surface area contributed by atoms with Crippen molar-refractivity contribution in [1.82, 2.24) is 30.8 Å². The smallest absolute Gasteiger partial charge is 0.315 e. The largest absolute Gasteiger partial charge is 0.339 e. The monoisotopic (exact) mass is 395 g/mol. The SMILES string of the molecule is O=C(NCc1nnc(-c2ccccc2)s1)N[C@@H]1CCCN(c2ncccn2)C1. The Morgan fingerprint density at radius 3 is 2.79 bits per heavy atom. The molecule has 1 atom stereocenters. The van der Waals surface area contributed by atoms with E-state index in [9.17, 15) is 4.79 Å². The lowest BCUT2D eigenvalue weighted by Gasteiger charge is -2.33. The van der Waals surface area contributed by atoms with Crippen molar-refractivity contribution in [3.05, 3.63) is 53.8 Å². The van der Waals surface area contributed by atoms with Crippen molar-refractivity contribution in [1.29, 1.82) is 0 Å². The maximum atomic E-state index is 12.3. The van der Waals surface area contributed by atoms with Crippen LogP contribution in [0.25, 0.3) is 10.6 Å². The molecule has 9 heteroatoms. The van der Waals surface area contributed by atoms with Gasteiger partial charge >= 0.3 is 6.03 Å². The summed E-state index contributed by atoms with van der Waals surface area (Å²) in [5.74, 6) is 0.705. The van der Waals surface area contributed by atoms with Crippen LogP contribution in [0, 0.1) is 0 Å². The number of carbonyl (C=O) groups excluding carboxylic acids is 1. The first kappa shape index (κ1) is 18.3. The van der Waals surface area contributed by atoms with Gasteiger partial charge in [-0.05, 0) is 18.9 Å². The summed E-state index contributed by atoms with van der Waals surface area (Å²) < 4.78 is 0. The van der Waals surface area contributed by atoms with Crippen LogP contribution in [-0.2, 0) is 6.54 Å². The molecule has 0 radical (unpaired) electrons. The lowest BCUT2D eigenvalue weighted by atomic mass is 10.1. The highest BCUT2D eigenvalue weighted by atomic mass is 32.1. The van der Waals surface area contributed by atoms with E-state index < -0.39 is 0 Å². The molecule has 1 aliphatic heterocycles. The molecule has 8 nitrogen and oxygen atoms in total. The molecular weight excluding hydrogens is 374 g/mol. The fourth-order valence-corrected chi connectivity index (χ4v) is 3.93. The van der Waals surface area contributed by atoms with Gasteiger partial charge in [0.1, 0.15) is 10.0 Å². The van der Waals surface area contributed by atoms with Gasteiger partial charge in [0.25, 0.3) is 0 Å². The molecular formula is C19H21N7OS. The topological polar surface area (TPSA) is 95.9 Å². The number of aromatic nitrogens is 4. The Labute approximate surface area is 167 Å². The summed E-state index contributed by atoms with van der Waals surface area (Å²) >= 11 is 1.48. The zero-order valence-electron chi connectivity index (χ0n) is 15.3. The van der Waals surface area contributed by atoms with Crippen LogP contribution in [0.3, 0.4) is 0 Å². The molecule has 0 saturated carbocycles. The maximum Gasteiger partial charge on any atom is 0.315 e. The number of amides is 2. The molecule has 2 aromatic heterocycles. The minimum atomic E-state index is -0.197. The normalized spacial score (nSPS) is 16.6. The van der Waals surface area contributed by atoms with Gasteiger partial charge in [0, 0.05) is 37.1 Å². The Balaban J connectivity index is 1.27. The number of anilines is 1. The molecule has 0 unspecified atom stereocenters. The highest BCUT2D eigenvalue weighted by Crippen LogP contribution is 2.22. The van der Waals surface area contributed by atoms with E-state index >= 15 is 0 Å². The van der Waals surface area contributed by atoms with Crippen LogP contribution >= 0.6 is 11.3 Å². The van der Waals surface area contributed by atoms with Crippen molar-refractivity contribution in [2.24, 2.45) is 0 Å². The van der Waals surface area contributed by atoms with Crippen LogP contribution in [0.1, 0.15) is 17.8 Å². The molecule has 2 amide bonds. The van der Waals surface area contributed by atoms with Crippen molar-refractivity contribution in [3.63, 3.8) is 0 Å². The van der Waals surface area contributed by atoms with Gasteiger partial charge in [-0.2, -0.15) is 0 Å². The van der Waals surface area contributed by atoms with E-state index in [1.54, 1.807) is 18.5 Å². The molecule has 1 aliphatic rings. The lowest BCUT2D eigenvalue weighted by Crippen LogP contribution is -2.50. The van der Waals surface area contributed by atoms with Crippen LogP contribution < -0.4 is 15.5 Å². The van der Waals surface area contributed by atoms with Crippen LogP contribution in [0.15, 0.2) is 48.8 Å². The summed E-state index contributed by atoms with van der Waals surface area (Å²) in [7, 11) is 0. The Morgan fingerprint density at radius 2 is 1.96 bits per heavy atom. The van der Waals surface area contributed by atoms with Gasteiger partial charge < -0.3 is 15.5 Å². The van der Waals surface area contributed by atoms with Gasteiger partial charge in [0.2, 0.25) is 5.95 Å². The van der Waals surface area contributed by atoms with Gasteiger partial charge in [0.05, 0.1) is 6.54 Å². The third kappa shape index (κ3) is 4.61. The van der Waals surface area contributed by atoms with Gasteiger partial charge in [-0.15, -0.1) is 10.2 Å². The van der Waals surface area contributed by atoms with E-state index in [2.05, 4.69) is 35.7 Å². The summed E-state index contributed by atoms with van der Waals surface area (Å²) in [5, 5.41) is 15.9. The molecule has 4 rings (SSSR count). The number of carbonyl (C=O) groups is 1. The van der Waals surface area contributed by atoms with E-state index in [0.717, 1.165) is 35.0 Å². The highest BCUT2D eigenvalue weighted by Gasteiger charge is 2.23. The van der Waals surface area contributed by atoms with Crippen LogP contribution in [0.4, 0.5) is 10.7 Å². The molecule has 0 bridgehead atoms. The number of urea groups is 1. The second kappa shape index (κ2) is 8.75. The van der Waals surface area contributed by atoms with E-state index in [1.807, 2.05) is 30.3 Å². The Hall–Kier alpha value is -3.07. The van der Waals surface area contributed by atoms with Crippen molar-refractivity contribution < 1.29 is 4.79 Å².